The van der Waals surface area contributed by atoms with E-state index in [0.717, 1.165) is 0 Å². The molecule has 0 aliphatic carbocycles. The molecule has 6 nitrogen and oxygen atoms in total. The molecule has 0 spiro atoms. The van der Waals surface area contributed by atoms with Gasteiger partial charge in [0.05, 0.1) is 22.8 Å². The molecule has 0 saturated carbocycles. The van der Waals surface area contributed by atoms with Crippen molar-refractivity contribution >= 4 is 52.4 Å². The number of hydrazine groups is 1. The smallest absolute Gasteiger partial charge is 0.262 e. The van der Waals surface area contributed by atoms with Crippen molar-refractivity contribution in [1.82, 2.24) is 15.8 Å². The fourth-order valence-electron chi connectivity index (χ4n) is 1.71. The Kier molecular flexibility index (Phi) is 7.72. The average Bonchev–Trinajstić information content (AvgIpc) is 3.10. The van der Waals surface area contributed by atoms with Crippen LogP contribution in [0, 0.1) is 0 Å². The van der Waals surface area contributed by atoms with Gasteiger partial charge in [-0.2, -0.15) is 0 Å². The fraction of sp³-hybridized carbons (Fsp3) is 0.188. The van der Waals surface area contributed by atoms with Crippen LogP contribution in [0.2, 0.25) is 10.0 Å². The number of halogens is 2. The van der Waals surface area contributed by atoms with Crippen LogP contribution in [0.15, 0.2) is 35.2 Å². The van der Waals surface area contributed by atoms with Crippen LogP contribution in [-0.4, -0.2) is 23.4 Å². The third-order valence-corrected chi connectivity index (χ3v) is 4.02. The van der Waals surface area contributed by atoms with Crippen molar-refractivity contribution in [3.05, 3.63) is 50.9 Å². The molecule has 1 heterocycles. The Hall–Kier alpha value is -2.09. The predicted molar refractivity (Wildman–Crippen MR) is 98.6 cm³/mol. The summed E-state index contributed by atoms with van der Waals surface area (Å²) in [4.78, 5) is 27.2. The average molecular weight is 400 g/mol. The largest absolute Gasteiger partial charge is 0.492 e. The molecule has 0 radical (unpaired) electrons. The topological polar surface area (TPSA) is 80.3 Å². The minimum Gasteiger partial charge on any atom is -0.492 e. The summed E-state index contributed by atoms with van der Waals surface area (Å²) in [5, 5.41) is 2.74. The number of carbonyl (C=O) groups is 2. The molecule has 0 fully saturated rings. The van der Waals surface area contributed by atoms with Crippen molar-refractivity contribution in [2.45, 2.75) is 12.8 Å². The van der Waals surface area contributed by atoms with E-state index in [1.54, 1.807) is 35.2 Å². The molecule has 2 N–H and O–H groups in total. The quantitative estimate of drug-likeness (QED) is 0.424. The minimum absolute atomic E-state index is 0.196. The van der Waals surface area contributed by atoms with Crippen molar-refractivity contribution in [1.29, 1.82) is 0 Å². The molecule has 9 heteroatoms. The molecule has 2 amide bonds. The number of nitrogens with zero attached hydrogens (tertiary/aromatic N) is 1. The number of rotatable bonds is 7. The number of hydrogen-bond donors (Lipinski definition) is 2. The Morgan fingerprint density at radius 1 is 1.28 bits per heavy atom. The summed E-state index contributed by atoms with van der Waals surface area (Å²) in [6.07, 6.45) is 3.51. The molecule has 0 aliphatic heterocycles. The predicted octanol–water partition coefficient (Wildman–Crippen LogP) is 3.47. The molecule has 0 aliphatic rings. The number of thiazole rings is 1. The highest BCUT2D eigenvalue weighted by molar-refractivity contribution is 7.07. The second kappa shape index (κ2) is 10.0. The highest BCUT2D eigenvalue weighted by Gasteiger charge is 2.05. The van der Waals surface area contributed by atoms with E-state index in [1.807, 2.05) is 0 Å². The highest BCUT2D eigenvalue weighted by Crippen LogP contribution is 2.27. The number of benzene rings is 1. The molecule has 0 atom stereocenters. The maximum Gasteiger partial charge on any atom is 0.262 e. The Bertz CT molecular complexity index is 751. The third-order valence-electron chi connectivity index (χ3n) is 2.88. The summed E-state index contributed by atoms with van der Waals surface area (Å²) in [6.45, 7) is 0.312. The van der Waals surface area contributed by atoms with Crippen LogP contribution in [-0.2, 0) is 9.59 Å². The lowest BCUT2D eigenvalue weighted by molar-refractivity contribution is -0.126. The van der Waals surface area contributed by atoms with Gasteiger partial charge in [0.25, 0.3) is 5.91 Å². The van der Waals surface area contributed by atoms with E-state index in [2.05, 4.69) is 15.8 Å². The van der Waals surface area contributed by atoms with E-state index in [1.165, 1.54) is 17.4 Å². The number of amides is 2. The summed E-state index contributed by atoms with van der Waals surface area (Å²) >= 11 is 13.2. The molecule has 2 rings (SSSR count). The third kappa shape index (κ3) is 7.13. The molecule has 1 aromatic carbocycles. The molecular formula is C16H15Cl2N3O3S. The van der Waals surface area contributed by atoms with Crippen LogP contribution in [0.1, 0.15) is 18.5 Å². The summed E-state index contributed by atoms with van der Waals surface area (Å²) in [5.41, 5.74) is 6.97. The van der Waals surface area contributed by atoms with Crippen LogP contribution in [0.25, 0.3) is 6.08 Å². The van der Waals surface area contributed by atoms with E-state index in [-0.39, 0.29) is 12.3 Å². The van der Waals surface area contributed by atoms with Crippen LogP contribution in [0.5, 0.6) is 5.75 Å². The fourth-order valence-corrected chi connectivity index (χ4v) is 2.69. The zero-order valence-corrected chi connectivity index (χ0v) is 15.3. The lowest BCUT2D eigenvalue weighted by atomic mass is 10.3. The number of hydrogen-bond acceptors (Lipinski definition) is 5. The van der Waals surface area contributed by atoms with Crippen molar-refractivity contribution in [3.8, 4) is 5.75 Å². The van der Waals surface area contributed by atoms with Gasteiger partial charge < -0.3 is 4.74 Å². The lowest BCUT2D eigenvalue weighted by Crippen LogP contribution is -2.40. The van der Waals surface area contributed by atoms with Crippen LogP contribution >= 0.6 is 34.5 Å². The van der Waals surface area contributed by atoms with E-state index >= 15 is 0 Å². The van der Waals surface area contributed by atoms with Gasteiger partial charge in [0.15, 0.2) is 0 Å². The molecule has 2 aromatic rings. The van der Waals surface area contributed by atoms with Crippen LogP contribution < -0.4 is 15.6 Å². The maximum absolute atomic E-state index is 11.6. The second-order valence-electron chi connectivity index (χ2n) is 4.81. The van der Waals surface area contributed by atoms with Gasteiger partial charge in [0, 0.05) is 22.9 Å². The van der Waals surface area contributed by atoms with Gasteiger partial charge in [-0.05, 0) is 30.7 Å². The Labute approximate surface area is 158 Å². The first-order chi connectivity index (χ1) is 12.0. The molecule has 0 saturated heterocycles. The number of carbonyl (C=O) groups excluding carboxylic acids is 2. The SMILES string of the molecule is O=C(/C=C/c1cscn1)NNC(=O)CCCOc1ccc(Cl)cc1Cl. The van der Waals surface area contributed by atoms with Gasteiger partial charge in [-0.3, -0.25) is 20.4 Å². The lowest BCUT2D eigenvalue weighted by Gasteiger charge is -2.08. The van der Waals surface area contributed by atoms with Gasteiger partial charge in [-0.1, -0.05) is 23.2 Å². The minimum atomic E-state index is -0.439. The Balaban J connectivity index is 1.61. The van der Waals surface area contributed by atoms with Crippen molar-refractivity contribution in [2.24, 2.45) is 0 Å². The van der Waals surface area contributed by atoms with Crippen molar-refractivity contribution in [2.75, 3.05) is 6.61 Å². The molecule has 0 unspecified atom stereocenters. The monoisotopic (exact) mass is 399 g/mol. The zero-order chi connectivity index (χ0) is 18.1. The Morgan fingerprint density at radius 2 is 2.12 bits per heavy atom. The van der Waals surface area contributed by atoms with Gasteiger partial charge in [-0.25, -0.2) is 4.98 Å². The standard InChI is InChI=1S/C16H15Cl2N3O3S/c17-11-3-5-14(13(18)8-11)24-7-1-2-15(22)20-21-16(23)6-4-12-9-25-10-19-12/h3-6,8-10H,1-2,7H2,(H,20,22)(H,21,23)/b6-4+. The summed E-state index contributed by atoms with van der Waals surface area (Å²) in [6, 6.07) is 4.92. The summed E-state index contributed by atoms with van der Waals surface area (Å²) in [5.74, 6) is -0.251. The summed E-state index contributed by atoms with van der Waals surface area (Å²) < 4.78 is 5.47. The van der Waals surface area contributed by atoms with E-state index in [0.29, 0.717) is 34.5 Å². The number of aromatic nitrogens is 1. The molecular weight excluding hydrogens is 385 g/mol. The molecule has 0 bridgehead atoms. The van der Waals surface area contributed by atoms with Gasteiger partial charge in [0.2, 0.25) is 5.91 Å². The highest BCUT2D eigenvalue weighted by atomic mass is 35.5. The normalized spacial score (nSPS) is 10.6. The van der Waals surface area contributed by atoms with Crippen molar-refractivity contribution in [3.63, 3.8) is 0 Å². The second-order valence-corrected chi connectivity index (χ2v) is 6.37. The first-order valence-electron chi connectivity index (χ1n) is 7.27. The first-order valence-corrected chi connectivity index (χ1v) is 8.97. The molecule has 1 aromatic heterocycles. The molecule has 132 valence electrons. The van der Waals surface area contributed by atoms with Gasteiger partial charge in [-0.15, -0.1) is 11.3 Å². The number of nitrogens with one attached hydrogen (secondary N) is 2. The zero-order valence-electron chi connectivity index (χ0n) is 13.0. The van der Waals surface area contributed by atoms with Crippen LogP contribution in [0.3, 0.4) is 0 Å². The first kappa shape index (κ1) is 19.2. The van der Waals surface area contributed by atoms with E-state index < -0.39 is 5.91 Å². The Morgan fingerprint density at radius 3 is 2.84 bits per heavy atom. The van der Waals surface area contributed by atoms with Crippen LogP contribution in [0.4, 0.5) is 0 Å². The number of ether oxygens (including phenoxy) is 1. The van der Waals surface area contributed by atoms with E-state index in [4.69, 9.17) is 27.9 Å². The summed E-state index contributed by atoms with van der Waals surface area (Å²) in [7, 11) is 0. The maximum atomic E-state index is 11.6. The van der Waals surface area contributed by atoms with Crippen molar-refractivity contribution < 1.29 is 14.3 Å². The van der Waals surface area contributed by atoms with E-state index in [9.17, 15) is 9.59 Å². The molecule has 25 heavy (non-hydrogen) atoms. The van der Waals surface area contributed by atoms with Gasteiger partial charge in [0.1, 0.15) is 5.75 Å². The van der Waals surface area contributed by atoms with Gasteiger partial charge >= 0.3 is 0 Å².